The normalized spacial score (nSPS) is 21.3. The van der Waals surface area contributed by atoms with Crippen LogP contribution in [0.25, 0.3) is 0 Å². The molecule has 1 N–H and O–H groups in total. The van der Waals surface area contributed by atoms with E-state index in [0.29, 0.717) is 12.6 Å². The minimum absolute atomic E-state index is 0.0907. The molecule has 25 heavy (non-hydrogen) atoms. The van der Waals surface area contributed by atoms with E-state index in [9.17, 15) is 4.79 Å². The molecule has 3 heterocycles. The van der Waals surface area contributed by atoms with Crippen molar-refractivity contribution < 1.29 is 14.3 Å². The van der Waals surface area contributed by atoms with Crippen molar-refractivity contribution in [2.75, 3.05) is 26.3 Å². The van der Waals surface area contributed by atoms with Gasteiger partial charge in [-0.2, -0.15) is 0 Å². The van der Waals surface area contributed by atoms with Gasteiger partial charge < -0.3 is 19.7 Å². The van der Waals surface area contributed by atoms with E-state index in [-0.39, 0.29) is 6.03 Å². The quantitative estimate of drug-likeness (QED) is 0.913. The molecule has 0 aliphatic carbocycles. The molecule has 3 aliphatic heterocycles. The molecule has 136 valence electrons. The Balaban J connectivity index is 1.42. The first-order chi connectivity index (χ1) is 12.3. The van der Waals surface area contributed by atoms with Crippen molar-refractivity contribution in [2.45, 2.75) is 57.9 Å². The second-order valence-electron chi connectivity index (χ2n) is 7.25. The molecule has 0 saturated carbocycles. The number of urea groups is 1. The molecule has 5 heteroatoms. The lowest BCUT2D eigenvalue weighted by atomic mass is 9.97. The van der Waals surface area contributed by atoms with Crippen LogP contribution in [0.2, 0.25) is 0 Å². The fourth-order valence-corrected chi connectivity index (χ4v) is 4.44. The van der Waals surface area contributed by atoms with Gasteiger partial charge in [-0.15, -0.1) is 0 Å². The average Bonchev–Trinajstić information content (AvgIpc) is 3.29. The molecule has 3 aliphatic rings. The Bertz CT molecular complexity index is 627. The Hall–Kier alpha value is -1.91. The van der Waals surface area contributed by atoms with Gasteiger partial charge in [0.2, 0.25) is 0 Å². The van der Waals surface area contributed by atoms with Crippen molar-refractivity contribution in [1.82, 2.24) is 10.2 Å². The van der Waals surface area contributed by atoms with Crippen LogP contribution in [-0.4, -0.2) is 43.3 Å². The Labute approximate surface area is 149 Å². The summed E-state index contributed by atoms with van der Waals surface area (Å²) in [5, 5.41) is 3.14. The first-order valence-electron chi connectivity index (χ1n) is 9.75. The molecule has 1 saturated heterocycles. The van der Waals surface area contributed by atoms with Crippen molar-refractivity contribution >= 4 is 6.03 Å². The standard InChI is InChI=1S/C20H28N2O3/c1-2-15-5-3-4-10-22(15)20(23)21-9-6-17-16-8-12-24-18(16)13-14-7-11-25-19(14)17/h13,15H,2-12H2,1H3,(H,21,23). The number of nitrogens with zero attached hydrogens (tertiary/aromatic N) is 1. The molecule has 0 bridgehead atoms. The second kappa shape index (κ2) is 7.14. The number of piperidine rings is 1. The highest BCUT2D eigenvalue weighted by Crippen LogP contribution is 2.40. The molecule has 4 rings (SSSR count). The van der Waals surface area contributed by atoms with Crippen molar-refractivity contribution in [2.24, 2.45) is 0 Å². The summed E-state index contributed by atoms with van der Waals surface area (Å²) < 4.78 is 11.6. The van der Waals surface area contributed by atoms with Crippen molar-refractivity contribution in [3.05, 3.63) is 22.8 Å². The molecular formula is C20H28N2O3. The highest BCUT2D eigenvalue weighted by molar-refractivity contribution is 5.74. The number of hydrogen-bond donors (Lipinski definition) is 1. The van der Waals surface area contributed by atoms with Gasteiger partial charge >= 0.3 is 6.03 Å². The number of likely N-dealkylation sites (tertiary alicyclic amines) is 1. The molecule has 1 unspecified atom stereocenters. The minimum atomic E-state index is 0.0907. The van der Waals surface area contributed by atoms with Crippen LogP contribution in [0.15, 0.2) is 6.07 Å². The fraction of sp³-hybridized carbons (Fsp3) is 0.650. The van der Waals surface area contributed by atoms with E-state index in [2.05, 4.69) is 18.3 Å². The predicted octanol–water partition coefficient (Wildman–Crippen LogP) is 3.07. The van der Waals surface area contributed by atoms with Gasteiger partial charge in [0, 0.05) is 48.7 Å². The fourth-order valence-electron chi connectivity index (χ4n) is 4.44. The number of rotatable bonds is 4. The summed E-state index contributed by atoms with van der Waals surface area (Å²) in [6.07, 6.45) is 7.24. The van der Waals surface area contributed by atoms with Crippen LogP contribution in [-0.2, 0) is 19.3 Å². The zero-order valence-electron chi connectivity index (χ0n) is 15.1. The van der Waals surface area contributed by atoms with Crippen LogP contribution in [0.1, 0.15) is 49.3 Å². The van der Waals surface area contributed by atoms with Crippen molar-refractivity contribution in [1.29, 1.82) is 0 Å². The second-order valence-corrected chi connectivity index (χ2v) is 7.25. The molecular weight excluding hydrogens is 316 g/mol. The maximum Gasteiger partial charge on any atom is 0.317 e. The number of nitrogens with one attached hydrogen (secondary N) is 1. The van der Waals surface area contributed by atoms with Gasteiger partial charge in [0.15, 0.2) is 0 Å². The zero-order valence-corrected chi connectivity index (χ0v) is 15.1. The molecule has 1 atom stereocenters. The summed E-state index contributed by atoms with van der Waals surface area (Å²) in [4.78, 5) is 14.6. The lowest BCUT2D eigenvalue weighted by molar-refractivity contribution is 0.149. The van der Waals surface area contributed by atoms with E-state index in [1.807, 2.05) is 4.90 Å². The Morgan fingerprint density at radius 2 is 2.16 bits per heavy atom. The van der Waals surface area contributed by atoms with Crippen LogP contribution < -0.4 is 14.8 Å². The lowest BCUT2D eigenvalue weighted by Crippen LogP contribution is -2.48. The van der Waals surface area contributed by atoms with E-state index < -0.39 is 0 Å². The molecule has 1 fully saturated rings. The van der Waals surface area contributed by atoms with E-state index in [1.54, 1.807) is 0 Å². The third-order valence-electron chi connectivity index (χ3n) is 5.77. The molecule has 1 aromatic carbocycles. The highest BCUT2D eigenvalue weighted by Gasteiger charge is 2.27. The van der Waals surface area contributed by atoms with Gasteiger partial charge in [0.05, 0.1) is 13.2 Å². The maximum absolute atomic E-state index is 12.6. The Kier molecular flexibility index (Phi) is 4.73. The topological polar surface area (TPSA) is 50.8 Å². The van der Waals surface area contributed by atoms with E-state index in [1.165, 1.54) is 23.1 Å². The van der Waals surface area contributed by atoms with Crippen LogP contribution in [0.3, 0.4) is 0 Å². The summed E-state index contributed by atoms with van der Waals surface area (Å²) in [5.41, 5.74) is 3.77. The highest BCUT2D eigenvalue weighted by atomic mass is 16.5. The molecule has 1 aromatic rings. The van der Waals surface area contributed by atoms with Gasteiger partial charge in [-0.05, 0) is 38.2 Å². The SMILES string of the molecule is CCC1CCCCN1C(=O)NCCc1c2c(cc3c1OCC3)OCC2. The van der Waals surface area contributed by atoms with Gasteiger partial charge in [0.25, 0.3) is 0 Å². The predicted molar refractivity (Wildman–Crippen MR) is 96.6 cm³/mol. The number of carbonyl (C=O) groups excluding carboxylic acids is 1. The molecule has 0 spiro atoms. The summed E-state index contributed by atoms with van der Waals surface area (Å²) in [7, 11) is 0. The third-order valence-corrected chi connectivity index (χ3v) is 5.77. The Morgan fingerprint density at radius 3 is 3.04 bits per heavy atom. The van der Waals surface area contributed by atoms with Gasteiger partial charge in [0.1, 0.15) is 11.5 Å². The summed E-state index contributed by atoms with van der Waals surface area (Å²) in [6, 6.07) is 2.63. The zero-order chi connectivity index (χ0) is 17.2. The van der Waals surface area contributed by atoms with Crippen LogP contribution in [0.5, 0.6) is 11.5 Å². The number of carbonyl (C=O) groups is 1. The summed E-state index contributed by atoms with van der Waals surface area (Å²) in [5.74, 6) is 2.07. The largest absolute Gasteiger partial charge is 0.493 e. The molecule has 5 nitrogen and oxygen atoms in total. The summed E-state index contributed by atoms with van der Waals surface area (Å²) in [6.45, 7) is 5.21. The molecule has 2 amide bonds. The number of benzene rings is 1. The van der Waals surface area contributed by atoms with Crippen LogP contribution in [0.4, 0.5) is 4.79 Å². The van der Waals surface area contributed by atoms with E-state index >= 15 is 0 Å². The lowest BCUT2D eigenvalue weighted by Gasteiger charge is -2.35. The van der Waals surface area contributed by atoms with Crippen LogP contribution in [0, 0.1) is 0 Å². The number of amides is 2. The van der Waals surface area contributed by atoms with E-state index in [0.717, 1.165) is 69.8 Å². The van der Waals surface area contributed by atoms with Gasteiger partial charge in [-0.1, -0.05) is 6.92 Å². The smallest absolute Gasteiger partial charge is 0.317 e. The first kappa shape index (κ1) is 16.6. The Morgan fingerprint density at radius 1 is 1.28 bits per heavy atom. The third kappa shape index (κ3) is 3.16. The number of hydrogen-bond acceptors (Lipinski definition) is 3. The maximum atomic E-state index is 12.6. The monoisotopic (exact) mass is 344 g/mol. The molecule has 0 aromatic heterocycles. The van der Waals surface area contributed by atoms with Gasteiger partial charge in [-0.3, -0.25) is 0 Å². The van der Waals surface area contributed by atoms with Crippen molar-refractivity contribution in [3.8, 4) is 11.5 Å². The van der Waals surface area contributed by atoms with Crippen LogP contribution >= 0.6 is 0 Å². The summed E-state index contributed by atoms with van der Waals surface area (Å²) >= 11 is 0. The van der Waals surface area contributed by atoms with Gasteiger partial charge in [-0.25, -0.2) is 4.79 Å². The van der Waals surface area contributed by atoms with Crippen molar-refractivity contribution in [3.63, 3.8) is 0 Å². The first-order valence-corrected chi connectivity index (χ1v) is 9.75. The molecule has 0 radical (unpaired) electrons. The minimum Gasteiger partial charge on any atom is -0.493 e. The average molecular weight is 344 g/mol. The van der Waals surface area contributed by atoms with E-state index in [4.69, 9.17) is 9.47 Å². The number of fused-ring (bicyclic) bond motifs is 2. The number of ether oxygens (including phenoxy) is 2.